The summed E-state index contributed by atoms with van der Waals surface area (Å²) >= 11 is 6.08. The van der Waals surface area contributed by atoms with E-state index in [1.807, 2.05) is 0 Å². The first-order valence-corrected chi connectivity index (χ1v) is 12.9. The number of nitrogens with zero attached hydrogens (tertiary/aromatic N) is 1. The molecule has 0 aliphatic carbocycles. The van der Waals surface area contributed by atoms with Crippen molar-refractivity contribution in [1.82, 2.24) is 0 Å². The highest BCUT2D eigenvalue weighted by atomic mass is 35.5. The molecule has 1 heterocycles. The molecule has 0 spiro atoms. The SMILES string of the molecule is CCOC(=O)C1CN(S(=O)(=O)c2cc(Cl)ccc2OC)c2cc(C(=O)Nc3ccc(F)cc3)ccc2O1. The zero-order valence-corrected chi connectivity index (χ0v) is 21.3. The molecule has 0 aromatic heterocycles. The third-order valence-electron chi connectivity index (χ3n) is 5.44. The summed E-state index contributed by atoms with van der Waals surface area (Å²) in [4.78, 5) is 25.1. The highest BCUT2D eigenvalue weighted by molar-refractivity contribution is 7.93. The Morgan fingerprint density at radius 3 is 2.54 bits per heavy atom. The van der Waals surface area contributed by atoms with Gasteiger partial charge in [0.15, 0.2) is 0 Å². The van der Waals surface area contributed by atoms with E-state index in [0.29, 0.717) is 5.69 Å². The Hall–Kier alpha value is -3.83. The molecule has 0 radical (unpaired) electrons. The predicted octanol–water partition coefficient (Wildman–Crippen LogP) is 4.26. The van der Waals surface area contributed by atoms with Crippen LogP contribution in [0.1, 0.15) is 17.3 Å². The van der Waals surface area contributed by atoms with Gasteiger partial charge in [-0.2, -0.15) is 0 Å². The lowest BCUT2D eigenvalue weighted by Crippen LogP contribution is -2.47. The number of fused-ring (bicyclic) bond motifs is 1. The molecule has 0 saturated heterocycles. The molecule has 37 heavy (non-hydrogen) atoms. The van der Waals surface area contributed by atoms with E-state index in [0.717, 1.165) is 4.31 Å². The number of methoxy groups -OCH3 is 1. The summed E-state index contributed by atoms with van der Waals surface area (Å²) in [6.45, 7) is 1.27. The van der Waals surface area contributed by atoms with Gasteiger partial charge in [-0.3, -0.25) is 9.10 Å². The molecule has 194 valence electrons. The first kappa shape index (κ1) is 26.2. The molecule has 0 bridgehead atoms. The molecule has 1 aliphatic rings. The fourth-order valence-electron chi connectivity index (χ4n) is 3.69. The molecule has 1 aliphatic heterocycles. The number of nitrogens with one attached hydrogen (secondary N) is 1. The molecular weight excluding hydrogens is 527 g/mol. The van der Waals surface area contributed by atoms with Crippen LogP contribution in [-0.4, -0.2) is 46.7 Å². The fraction of sp³-hybridized carbons (Fsp3) is 0.200. The molecular formula is C25H22ClFN2O7S. The van der Waals surface area contributed by atoms with Crippen molar-refractivity contribution < 1.29 is 36.6 Å². The number of rotatable bonds is 7. The second kappa shape index (κ2) is 10.7. The average molecular weight is 549 g/mol. The summed E-state index contributed by atoms with van der Waals surface area (Å²) in [5.74, 6) is -1.69. The van der Waals surface area contributed by atoms with Crippen LogP contribution in [0, 0.1) is 5.82 Å². The monoisotopic (exact) mass is 548 g/mol. The molecule has 9 nitrogen and oxygen atoms in total. The van der Waals surface area contributed by atoms with Crippen molar-refractivity contribution in [3.63, 3.8) is 0 Å². The largest absolute Gasteiger partial charge is 0.495 e. The van der Waals surface area contributed by atoms with Crippen LogP contribution in [0.5, 0.6) is 11.5 Å². The van der Waals surface area contributed by atoms with Crippen LogP contribution >= 0.6 is 11.6 Å². The quantitative estimate of drug-likeness (QED) is 0.439. The third-order valence-corrected chi connectivity index (χ3v) is 7.47. The number of hydrogen-bond donors (Lipinski definition) is 1. The molecule has 1 N–H and O–H groups in total. The first-order valence-electron chi connectivity index (χ1n) is 11.0. The Kier molecular flexibility index (Phi) is 7.55. The highest BCUT2D eigenvalue weighted by Gasteiger charge is 2.40. The molecule has 0 fully saturated rings. The second-order valence-corrected chi connectivity index (χ2v) is 10.1. The zero-order chi connectivity index (χ0) is 26.7. The van der Waals surface area contributed by atoms with Crippen molar-refractivity contribution in [3.05, 3.63) is 77.1 Å². The van der Waals surface area contributed by atoms with Gasteiger partial charge in [-0.25, -0.2) is 17.6 Å². The summed E-state index contributed by atoms with van der Waals surface area (Å²) in [6.07, 6.45) is -1.26. The average Bonchev–Trinajstić information content (AvgIpc) is 2.89. The van der Waals surface area contributed by atoms with Crippen molar-refractivity contribution in [1.29, 1.82) is 0 Å². The number of carbonyl (C=O) groups excluding carboxylic acids is 2. The maximum Gasteiger partial charge on any atom is 0.349 e. The topological polar surface area (TPSA) is 111 Å². The lowest BCUT2D eigenvalue weighted by molar-refractivity contribution is -0.151. The van der Waals surface area contributed by atoms with Crippen LogP contribution in [0.4, 0.5) is 15.8 Å². The Morgan fingerprint density at radius 2 is 1.86 bits per heavy atom. The molecule has 3 aromatic carbocycles. The van der Waals surface area contributed by atoms with Gasteiger partial charge < -0.3 is 19.5 Å². The van der Waals surface area contributed by atoms with Gasteiger partial charge in [0.1, 0.15) is 22.2 Å². The summed E-state index contributed by atoms with van der Waals surface area (Å²) < 4.78 is 57.9. The van der Waals surface area contributed by atoms with Crippen molar-refractivity contribution >= 4 is 44.9 Å². The van der Waals surface area contributed by atoms with Gasteiger partial charge >= 0.3 is 5.97 Å². The molecule has 0 saturated carbocycles. The molecule has 1 atom stereocenters. The maximum atomic E-state index is 13.9. The van der Waals surface area contributed by atoms with Crippen molar-refractivity contribution in [2.24, 2.45) is 0 Å². The lowest BCUT2D eigenvalue weighted by atomic mass is 10.1. The number of carbonyl (C=O) groups is 2. The summed E-state index contributed by atoms with van der Waals surface area (Å²) in [6, 6.07) is 13.4. The summed E-state index contributed by atoms with van der Waals surface area (Å²) in [5, 5.41) is 2.78. The number of esters is 1. The standard InChI is InChI=1S/C25H22ClFN2O7S/c1-3-35-25(31)22-14-29(37(32,33)23-13-16(26)5-11-21(23)34-2)19-12-15(4-10-20(19)36-22)24(30)28-18-8-6-17(27)7-9-18/h4-13,22H,3,14H2,1-2H3,(H,28,30). The minimum atomic E-state index is -4.37. The number of anilines is 2. The Bertz CT molecular complexity index is 1450. The number of halogens is 2. The third kappa shape index (κ3) is 5.47. The molecule has 12 heteroatoms. The van der Waals surface area contributed by atoms with Gasteiger partial charge in [0, 0.05) is 16.3 Å². The molecule has 4 rings (SSSR count). The van der Waals surface area contributed by atoms with E-state index < -0.39 is 40.4 Å². The number of ether oxygens (including phenoxy) is 3. The van der Waals surface area contributed by atoms with Crippen molar-refractivity contribution in [2.75, 3.05) is 29.9 Å². The van der Waals surface area contributed by atoms with Gasteiger partial charge in [-0.1, -0.05) is 11.6 Å². The van der Waals surface area contributed by atoms with Gasteiger partial charge in [-0.15, -0.1) is 0 Å². The van der Waals surface area contributed by atoms with Crippen LogP contribution in [0.3, 0.4) is 0 Å². The van der Waals surface area contributed by atoms with E-state index in [4.69, 9.17) is 25.8 Å². The maximum absolute atomic E-state index is 13.9. The van der Waals surface area contributed by atoms with Crippen molar-refractivity contribution in [2.45, 2.75) is 17.9 Å². The minimum Gasteiger partial charge on any atom is -0.495 e. The van der Waals surface area contributed by atoms with E-state index >= 15 is 0 Å². The smallest absolute Gasteiger partial charge is 0.349 e. The summed E-state index contributed by atoms with van der Waals surface area (Å²) in [5.41, 5.74) is 0.463. The minimum absolute atomic E-state index is 0.0225. The predicted molar refractivity (Wildman–Crippen MR) is 134 cm³/mol. The Morgan fingerprint density at radius 1 is 1.14 bits per heavy atom. The zero-order valence-electron chi connectivity index (χ0n) is 19.7. The van der Waals surface area contributed by atoms with Crippen LogP contribution < -0.4 is 19.1 Å². The van der Waals surface area contributed by atoms with E-state index in [9.17, 15) is 22.4 Å². The Balaban J connectivity index is 1.78. The van der Waals surface area contributed by atoms with E-state index in [-0.39, 0.29) is 39.3 Å². The van der Waals surface area contributed by atoms with E-state index in [1.54, 1.807) is 6.92 Å². The normalized spacial score (nSPS) is 14.8. The number of benzene rings is 3. The lowest BCUT2D eigenvalue weighted by Gasteiger charge is -2.34. The highest BCUT2D eigenvalue weighted by Crippen LogP contribution is 2.40. The second-order valence-electron chi connectivity index (χ2n) is 7.83. The van der Waals surface area contributed by atoms with Gasteiger partial charge in [0.25, 0.3) is 15.9 Å². The van der Waals surface area contributed by atoms with E-state index in [2.05, 4.69) is 5.32 Å². The van der Waals surface area contributed by atoms with Gasteiger partial charge in [0.2, 0.25) is 6.10 Å². The first-order chi connectivity index (χ1) is 17.6. The Labute approximate surface area is 217 Å². The van der Waals surface area contributed by atoms with Crippen LogP contribution in [0.15, 0.2) is 65.6 Å². The van der Waals surface area contributed by atoms with Gasteiger partial charge in [0.05, 0.1) is 25.9 Å². The van der Waals surface area contributed by atoms with Crippen LogP contribution in [0.25, 0.3) is 0 Å². The molecule has 1 unspecified atom stereocenters. The number of sulfonamides is 1. The van der Waals surface area contributed by atoms with Gasteiger partial charge in [-0.05, 0) is 67.6 Å². The number of amides is 1. The number of hydrogen-bond acceptors (Lipinski definition) is 7. The summed E-state index contributed by atoms with van der Waals surface area (Å²) in [7, 11) is -3.05. The molecule has 1 amide bonds. The van der Waals surface area contributed by atoms with Crippen LogP contribution in [-0.2, 0) is 19.6 Å². The fourth-order valence-corrected chi connectivity index (χ4v) is 5.57. The van der Waals surface area contributed by atoms with Crippen LogP contribution in [0.2, 0.25) is 5.02 Å². The molecule has 3 aromatic rings. The van der Waals surface area contributed by atoms with E-state index in [1.165, 1.54) is 67.8 Å². The van der Waals surface area contributed by atoms with Crippen molar-refractivity contribution in [3.8, 4) is 11.5 Å².